The molecule has 2 fully saturated rings. The third-order valence-corrected chi connectivity index (χ3v) is 6.25. The van der Waals surface area contributed by atoms with Crippen LogP contribution in [0.4, 0.5) is 0 Å². The summed E-state index contributed by atoms with van der Waals surface area (Å²) in [7, 11) is 0. The average molecular weight is 511 g/mol. The Bertz CT molecular complexity index is 905. The van der Waals surface area contributed by atoms with Crippen LogP contribution in [0, 0.1) is 0 Å². The Morgan fingerprint density at radius 1 is 0.912 bits per heavy atom. The fourth-order valence-electron chi connectivity index (χ4n) is 4.14. The summed E-state index contributed by atoms with van der Waals surface area (Å²) in [4.78, 5) is 0. The van der Waals surface area contributed by atoms with Gasteiger partial charge in [0.2, 0.25) is 0 Å². The van der Waals surface area contributed by atoms with E-state index in [4.69, 9.17) is 51.6 Å². The molecule has 186 valence electrons. The minimum atomic E-state index is -0.723. The maximum Gasteiger partial charge on any atom is 0.190 e. The summed E-state index contributed by atoms with van der Waals surface area (Å²) in [6, 6.07) is 15.2. The topological polar surface area (TPSA) is 55.4 Å². The molecule has 4 unspecified atom stereocenters. The summed E-state index contributed by atoms with van der Waals surface area (Å²) >= 11 is 12.0. The zero-order valence-electron chi connectivity index (χ0n) is 19.7. The Labute approximate surface area is 211 Å². The van der Waals surface area contributed by atoms with Crippen LogP contribution in [0.25, 0.3) is 0 Å². The second-order valence-electron chi connectivity index (χ2n) is 9.02. The van der Waals surface area contributed by atoms with E-state index in [1.807, 2.05) is 62.4 Å². The van der Waals surface area contributed by atoms with Gasteiger partial charge in [-0.1, -0.05) is 54.4 Å². The van der Waals surface area contributed by atoms with Gasteiger partial charge in [0.25, 0.3) is 0 Å². The van der Waals surface area contributed by atoms with Crippen LogP contribution in [0.2, 0.25) is 10.0 Å². The van der Waals surface area contributed by atoms with E-state index in [1.54, 1.807) is 0 Å². The molecule has 0 aromatic heterocycles. The van der Waals surface area contributed by atoms with E-state index in [1.165, 1.54) is 0 Å². The van der Waals surface area contributed by atoms with Crippen molar-refractivity contribution >= 4 is 23.2 Å². The third-order valence-electron chi connectivity index (χ3n) is 5.75. The van der Waals surface area contributed by atoms with Gasteiger partial charge in [0.15, 0.2) is 12.1 Å². The van der Waals surface area contributed by atoms with E-state index in [9.17, 15) is 0 Å². The van der Waals surface area contributed by atoms with Gasteiger partial charge in [0, 0.05) is 16.7 Å². The lowest BCUT2D eigenvalue weighted by Crippen LogP contribution is -2.45. The van der Waals surface area contributed by atoms with Gasteiger partial charge in [-0.05, 0) is 55.7 Å². The summed E-state index contributed by atoms with van der Waals surface area (Å²) in [5.74, 6) is -0.723. The molecule has 34 heavy (non-hydrogen) atoms. The number of hydrogen-bond acceptors (Lipinski definition) is 6. The molecule has 8 heteroatoms. The highest BCUT2D eigenvalue weighted by Crippen LogP contribution is 2.40. The number of hydrogen-bond donors (Lipinski definition) is 0. The van der Waals surface area contributed by atoms with Crippen molar-refractivity contribution in [2.24, 2.45) is 0 Å². The highest BCUT2D eigenvalue weighted by molar-refractivity contribution is 6.30. The summed E-state index contributed by atoms with van der Waals surface area (Å²) in [6.45, 7) is 7.55. The lowest BCUT2D eigenvalue weighted by atomic mass is 10.1. The number of rotatable bonds is 11. The molecule has 2 aromatic carbocycles. The van der Waals surface area contributed by atoms with E-state index in [2.05, 4.69) is 6.92 Å². The van der Waals surface area contributed by atoms with Crippen LogP contribution in [0.1, 0.15) is 38.3 Å². The van der Waals surface area contributed by atoms with Crippen molar-refractivity contribution in [1.82, 2.24) is 0 Å². The lowest BCUT2D eigenvalue weighted by molar-refractivity contribution is -0.237. The van der Waals surface area contributed by atoms with E-state index < -0.39 is 24.3 Å². The number of halogens is 2. The van der Waals surface area contributed by atoms with Crippen LogP contribution < -0.4 is 0 Å². The van der Waals surface area contributed by atoms with Crippen molar-refractivity contribution < 1.29 is 28.4 Å². The van der Waals surface area contributed by atoms with Crippen molar-refractivity contribution in [3.8, 4) is 0 Å². The first-order valence-electron chi connectivity index (χ1n) is 11.7. The SMILES string of the molecule is CCCOC1C2OC(C)(C)OC2OC1[C@@H](COCc1ccc(Cl)cc1)OCc1ccc(Cl)cc1. The molecule has 2 aliphatic rings. The van der Waals surface area contributed by atoms with E-state index >= 15 is 0 Å². The number of fused-ring (bicyclic) bond motifs is 1. The number of ether oxygens (including phenoxy) is 6. The van der Waals surface area contributed by atoms with Gasteiger partial charge in [-0.25, -0.2) is 0 Å². The molecule has 0 N–H and O–H groups in total. The Balaban J connectivity index is 1.46. The Kier molecular flexibility index (Phi) is 8.88. The molecular formula is C26H32Cl2O6. The molecule has 2 heterocycles. The predicted molar refractivity (Wildman–Crippen MR) is 130 cm³/mol. The molecule has 0 saturated carbocycles. The molecule has 2 aliphatic heterocycles. The quantitative estimate of drug-likeness (QED) is 0.382. The molecule has 2 saturated heterocycles. The highest BCUT2D eigenvalue weighted by Gasteiger charge is 2.57. The van der Waals surface area contributed by atoms with Crippen LogP contribution in [-0.2, 0) is 41.6 Å². The van der Waals surface area contributed by atoms with Gasteiger partial charge in [0.05, 0.1) is 19.8 Å². The molecule has 0 radical (unpaired) electrons. The summed E-state index contributed by atoms with van der Waals surface area (Å²) < 4.78 is 37.0. The minimum Gasteiger partial charge on any atom is -0.374 e. The van der Waals surface area contributed by atoms with Gasteiger partial charge >= 0.3 is 0 Å². The van der Waals surface area contributed by atoms with Gasteiger partial charge < -0.3 is 28.4 Å². The van der Waals surface area contributed by atoms with Gasteiger partial charge in [0.1, 0.15) is 24.4 Å². The first-order valence-corrected chi connectivity index (χ1v) is 12.4. The Morgan fingerprint density at radius 3 is 2.15 bits per heavy atom. The van der Waals surface area contributed by atoms with Gasteiger partial charge in [-0.3, -0.25) is 0 Å². The smallest absolute Gasteiger partial charge is 0.190 e. The van der Waals surface area contributed by atoms with Crippen LogP contribution in [0.3, 0.4) is 0 Å². The third kappa shape index (κ3) is 6.71. The molecule has 4 rings (SSSR count). The zero-order chi connectivity index (χ0) is 24.1. The highest BCUT2D eigenvalue weighted by atomic mass is 35.5. The van der Waals surface area contributed by atoms with Crippen LogP contribution >= 0.6 is 23.2 Å². The summed E-state index contributed by atoms with van der Waals surface area (Å²) in [5.41, 5.74) is 2.03. The molecule has 0 aliphatic carbocycles. The standard InChI is InChI=1S/C26H32Cl2O6/c1-4-13-30-23-22(32-25-24(23)33-26(2,3)34-25)21(31-15-18-7-11-20(28)12-8-18)16-29-14-17-5-9-19(27)10-6-17/h5-12,21-25H,4,13-16H2,1-3H3/t21-,22?,23?,24?,25?/m1/s1. The first kappa shape index (κ1) is 25.9. The summed E-state index contributed by atoms with van der Waals surface area (Å²) in [6.07, 6.45) is -1.10. The second-order valence-corrected chi connectivity index (χ2v) is 9.90. The molecule has 0 amide bonds. The lowest BCUT2D eigenvalue weighted by Gasteiger charge is -2.31. The van der Waals surface area contributed by atoms with Crippen molar-refractivity contribution in [2.75, 3.05) is 13.2 Å². The Morgan fingerprint density at radius 2 is 1.53 bits per heavy atom. The fraction of sp³-hybridized carbons (Fsp3) is 0.538. The Hall–Kier alpha value is -1.22. The van der Waals surface area contributed by atoms with Gasteiger partial charge in [-0.2, -0.15) is 0 Å². The largest absolute Gasteiger partial charge is 0.374 e. The molecule has 5 atom stereocenters. The van der Waals surface area contributed by atoms with Crippen LogP contribution in [0.5, 0.6) is 0 Å². The van der Waals surface area contributed by atoms with Crippen LogP contribution in [-0.4, -0.2) is 49.7 Å². The molecule has 6 nitrogen and oxygen atoms in total. The van der Waals surface area contributed by atoms with Crippen molar-refractivity contribution in [3.63, 3.8) is 0 Å². The molecule has 0 bridgehead atoms. The maximum absolute atomic E-state index is 6.33. The summed E-state index contributed by atoms with van der Waals surface area (Å²) in [5, 5.41) is 1.38. The van der Waals surface area contributed by atoms with Gasteiger partial charge in [-0.15, -0.1) is 0 Å². The van der Waals surface area contributed by atoms with Crippen molar-refractivity contribution in [1.29, 1.82) is 0 Å². The normalized spacial score (nSPS) is 26.5. The molecular weight excluding hydrogens is 479 g/mol. The van der Waals surface area contributed by atoms with E-state index in [0.29, 0.717) is 36.5 Å². The van der Waals surface area contributed by atoms with Crippen molar-refractivity contribution in [3.05, 3.63) is 69.7 Å². The minimum absolute atomic E-state index is 0.315. The second kappa shape index (κ2) is 11.7. The maximum atomic E-state index is 6.33. The first-order chi connectivity index (χ1) is 16.3. The predicted octanol–water partition coefficient (Wildman–Crippen LogP) is 5.77. The average Bonchev–Trinajstić information content (AvgIpc) is 3.28. The molecule has 2 aromatic rings. The fourth-order valence-corrected chi connectivity index (χ4v) is 4.39. The van der Waals surface area contributed by atoms with E-state index in [-0.39, 0.29) is 12.2 Å². The number of benzene rings is 2. The van der Waals surface area contributed by atoms with E-state index in [0.717, 1.165) is 17.5 Å². The van der Waals surface area contributed by atoms with Crippen LogP contribution in [0.15, 0.2) is 48.5 Å². The monoisotopic (exact) mass is 510 g/mol. The molecule has 0 spiro atoms. The zero-order valence-corrected chi connectivity index (χ0v) is 21.3. The van der Waals surface area contributed by atoms with Crippen molar-refractivity contribution in [2.45, 2.75) is 76.9 Å².